The van der Waals surface area contributed by atoms with E-state index in [0.29, 0.717) is 24.8 Å². The Labute approximate surface area is 145 Å². The third kappa shape index (κ3) is 4.40. The van der Waals surface area contributed by atoms with Crippen LogP contribution in [0.5, 0.6) is 5.75 Å². The molecular weight excluding hydrogens is 320 g/mol. The van der Waals surface area contributed by atoms with Gasteiger partial charge in [0.05, 0.1) is 19.8 Å². The summed E-state index contributed by atoms with van der Waals surface area (Å²) in [6, 6.07) is 11.1. The Kier molecular flexibility index (Phi) is 5.37. The highest BCUT2D eigenvalue weighted by atomic mass is 16.5. The van der Waals surface area contributed by atoms with Crippen molar-refractivity contribution in [2.75, 3.05) is 20.7 Å². The second-order valence-electron chi connectivity index (χ2n) is 5.74. The molecule has 2 heterocycles. The monoisotopic (exact) mass is 340 g/mol. The van der Waals surface area contributed by atoms with E-state index in [-0.39, 0.29) is 0 Å². The summed E-state index contributed by atoms with van der Waals surface area (Å²) in [5.74, 6) is 1.71. The molecule has 0 aliphatic carbocycles. The zero-order valence-electron chi connectivity index (χ0n) is 14.2. The van der Waals surface area contributed by atoms with Crippen molar-refractivity contribution in [1.82, 2.24) is 20.0 Å². The second kappa shape index (κ2) is 7.87. The highest BCUT2D eigenvalue weighted by Crippen LogP contribution is 2.20. The average Bonchev–Trinajstić information content (AvgIpc) is 3.10. The van der Waals surface area contributed by atoms with Crippen LogP contribution in [0.1, 0.15) is 17.6 Å². The number of aromatic nitrogens is 3. The lowest BCUT2D eigenvalue weighted by Gasteiger charge is -2.19. The molecule has 0 saturated heterocycles. The minimum Gasteiger partial charge on any atom is -0.497 e. The molecule has 0 saturated carbocycles. The normalized spacial score (nSPS) is 12.3. The van der Waals surface area contributed by atoms with Gasteiger partial charge in [0.25, 0.3) is 0 Å². The van der Waals surface area contributed by atoms with Gasteiger partial charge in [-0.15, -0.1) is 0 Å². The quantitative estimate of drug-likeness (QED) is 0.706. The summed E-state index contributed by atoms with van der Waals surface area (Å²) in [7, 11) is 3.49. The van der Waals surface area contributed by atoms with E-state index in [0.717, 1.165) is 16.9 Å². The highest BCUT2D eigenvalue weighted by Gasteiger charge is 2.15. The summed E-state index contributed by atoms with van der Waals surface area (Å²) >= 11 is 0. The van der Waals surface area contributed by atoms with Crippen LogP contribution in [0.4, 0.5) is 0 Å². The van der Waals surface area contributed by atoms with E-state index in [4.69, 9.17) is 9.26 Å². The van der Waals surface area contributed by atoms with E-state index in [9.17, 15) is 5.11 Å². The largest absolute Gasteiger partial charge is 0.497 e. The van der Waals surface area contributed by atoms with E-state index in [1.165, 1.54) is 0 Å². The fraction of sp³-hybridized carbons (Fsp3) is 0.278. The fourth-order valence-corrected chi connectivity index (χ4v) is 2.48. The van der Waals surface area contributed by atoms with Crippen molar-refractivity contribution in [3.63, 3.8) is 0 Å². The van der Waals surface area contributed by atoms with Crippen LogP contribution >= 0.6 is 0 Å². The number of pyridine rings is 1. The molecule has 0 spiro atoms. The molecule has 0 aliphatic heterocycles. The molecule has 25 heavy (non-hydrogen) atoms. The maximum atomic E-state index is 10.4. The molecule has 1 atom stereocenters. The average molecular weight is 340 g/mol. The van der Waals surface area contributed by atoms with Crippen molar-refractivity contribution in [3.8, 4) is 17.1 Å². The number of methoxy groups -OCH3 is 1. The van der Waals surface area contributed by atoms with Gasteiger partial charge in [0.1, 0.15) is 5.75 Å². The number of aliphatic hydroxyl groups is 1. The molecule has 1 N–H and O–H groups in total. The molecule has 0 fully saturated rings. The molecule has 7 heteroatoms. The Balaban J connectivity index is 1.60. The van der Waals surface area contributed by atoms with Crippen molar-refractivity contribution in [2.45, 2.75) is 12.6 Å². The van der Waals surface area contributed by atoms with E-state index < -0.39 is 6.10 Å². The first-order chi connectivity index (χ1) is 12.2. The molecule has 0 aliphatic rings. The minimum absolute atomic E-state index is 0.428. The van der Waals surface area contributed by atoms with Gasteiger partial charge in [-0.2, -0.15) is 4.98 Å². The highest BCUT2D eigenvalue weighted by molar-refractivity contribution is 5.51. The standard InChI is InChI=1S/C18H20N4O3/c1-22(11-16(23)13-5-3-7-15(9-13)24-2)12-17-20-18(21-25-17)14-6-4-8-19-10-14/h3-10,16,23H,11-12H2,1-2H3. The first kappa shape index (κ1) is 17.1. The number of ether oxygens (including phenoxy) is 1. The molecular formula is C18H20N4O3. The molecule has 7 nitrogen and oxygen atoms in total. The topological polar surface area (TPSA) is 84.5 Å². The molecule has 0 radical (unpaired) electrons. The SMILES string of the molecule is COc1cccc(C(O)CN(C)Cc2nc(-c3cccnc3)no2)c1. The van der Waals surface area contributed by atoms with Gasteiger partial charge in [-0.1, -0.05) is 17.3 Å². The summed E-state index contributed by atoms with van der Waals surface area (Å²) in [6.07, 6.45) is 2.74. The zero-order chi connectivity index (χ0) is 17.6. The Morgan fingerprint density at radius 3 is 2.92 bits per heavy atom. The first-order valence-electron chi connectivity index (χ1n) is 7.89. The van der Waals surface area contributed by atoms with Crippen LogP contribution in [0.2, 0.25) is 0 Å². The van der Waals surface area contributed by atoms with Crippen LogP contribution in [0.3, 0.4) is 0 Å². The van der Waals surface area contributed by atoms with Gasteiger partial charge in [0.2, 0.25) is 11.7 Å². The van der Waals surface area contributed by atoms with Crippen LogP contribution in [0.25, 0.3) is 11.4 Å². The third-order valence-electron chi connectivity index (χ3n) is 3.76. The van der Waals surface area contributed by atoms with Gasteiger partial charge in [-0.25, -0.2) is 0 Å². The summed E-state index contributed by atoms with van der Waals surface area (Å²) in [5, 5.41) is 14.4. The number of benzene rings is 1. The van der Waals surface area contributed by atoms with E-state index in [1.54, 1.807) is 19.5 Å². The maximum Gasteiger partial charge on any atom is 0.241 e. The smallest absolute Gasteiger partial charge is 0.241 e. The summed E-state index contributed by atoms with van der Waals surface area (Å²) in [5.41, 5.74) is 1.60. The van der Waals surface area contributed by atoms with E-state index >= 15 is 0 Å². The second-order valence-corrected chi connectivity index (χ2v) is 5.74. The number of likely N-dealkylation sites (N-methyl/N-ethyl adjacent to an activating group) is 1. The van der Waals surface area contributed by atoms with Crippen LogP contribution < -0.4 is 4.74 Å². The zero-order valence-corrected chi connectivity index (χ0v) is 14.2. The molecule has 1 aromatic carbocycles. The van der Waals surface area contributed by atoms with Crippen LogP contribution in [-0.2, 0) is 6.54 Å². The maximum absolute atomic E-state index is 10.4. The van der Waals surface area contributed by atoms with Gasteiger partial charge >= 0.3 is 0 Å². The lowest BCUT2D eigenvalue weighted by Crippen LogP contribution is -2.24. The van der Waals surface area contributed by atoms with Gasteiger partial charge in [0, 0.05) is 24.5 Å². The minimum atomic E-state index is -0.638. The van der Waals surface area contributed by atoms with Crippen LogP contribution in [0.15, 0.2) is 53.3 Å². The first-order valence-corrected chi connectivity index (χ1v) is 7.89. The van der Waals surface area contributed by atoms with Gasteiger partial charge in [0.15, 0.2) is 0 Å². The lowest BCUT2D eigenvalue weighted by atomic mass is 10.1. The molecule has 1 unspecified atom stereocenters. The molecule has 0 bridgehead atoms. The Bertz CT molecular complexity index is 807. The predicted molar refractivity (Wildman–Crippen MR) is 91.8 cm³/mol. The Hall–Kier alpha value is -2.77. The molecule has 3 rings (SSSR count). The summed E-state index contributed by atoms with van der Waals surface area (Å²) in [4.78, 5) is 10.3. The number of aliphatic hydroxyl groups excluding tert-OH is 1. The van der Waals surface area contributed by atoms with Gasteiger partial charge in [-0.05, 0) is 36.9 Å². The predicted octanol–water partition coefficient (Wildman–Crippen LogP) is 2.31. The number of hydrogen-bond acceptors (Lipinski definition) is 7. The summed E-state index contributed by atoms with van der Waals surface area (Å²) in [6.45, 7) is 0.867. The van der Waals surface area contributed by atoms with E-state index in [2.05, 4.69) is 15.1 Å². The number of rotatable bonds is 7. The number of nitrogens with zero attached hydrogens (tertiary/aromatic N) is 4. The Morgan fingerprint density at radius 1 is 1.28 bits per heavy atom. The summed E-state index contributed by atoms with van der Waals surface area (Å²) < 4.78 is 10.5. The van der Waals surface area contributed by atoms with Crippen molar-refractivity contribution >= 4 is 0 Å². The molecule has 130 valence electrons. The van der Waals surface area contributed by atoms with Gasteiger partial charge < -0.3 is 14.4 Å². The third-order valence-corrected chi connectivity index (χ3v) is 3.76. The van der Waals surface area contributed by atoms with Crippen molar-refractivity contribution < 1.29 is 14.4 Å². The van der Waals surface area contributed by atoms with Crippen LogP contribution in [-0.4, -0.2) is 45.8 Å². The van der Waals surface area contributed by atoms with Crippen molar-refractivity contribution in [3.05, 3.63) is 60.2 Å². The van der Waals surface area contributed by atoms with Gasteiger partial charge in [-0.3, -0.25) is 9.88 Å². The molecule has 0 amide bonds. The Morgan fingerprint density at radius 2 is 2.16 bits per heavy atom. The lowest BCUT2D eigenvalue weighted by molar-refractivity contribution is 0.117. The molecule has 3 aromatic rings. The molecule has 2 aromatic heterocycles. The van der Waals surface area contributed by atoms with Crippen molar-refractivity contribution in [2.24, 2.45) is 0 Å². The van der Waals surface area contributed by atoms with Crippen LogP contribution in [0, 0.1) is 0 Å². The van der Waals surface area contributed by atoms with Crippen molar-refractivity contribution in [1.29, 1.82) is 0 Å². The fourth-order valence-electron chi connectivity index (χ4n) is 2.48. The number of hydrogen-bond donors (Lipinski definition) is 1. The van der Waals surface area contributed by atoms with E-state index in [1.807, 2.05) is 48.3 Å².